The van der Waals surface area contributed by atoms with Gasteiger partial charge in [-0.05, 0) is 36.8 Å². The highest BCUT2D eigenvalue weighted by atomic mass is 16.6. The van der Waals surface area contributed by atoms with Gasteiger partial charge in [-0.3, -0.25) is 14.9 Å². The van der Waals surface area contributed by atoms with Gasteiger partial charge in [0.25, 0.3) is 5.69 Å². The third-order valence-electron chi connectivity index (χ3n) is 3.48. The zero-order valence-corrected chi connectivity index (χ0v) is 14.1. The van der Waals surface area contributed by atoms with Crippen LogP contribution in [-0.2, 0) is 9.53 Å². The second-order valence-corrected chi connectivity index (χ2v) is 5.29. The lowest BCUT2D eigenvalue weighted by atomic mass is 10.2. The molecule has 8 nitrogen and oxygen atoms in total. The summed E-state index contributed by atoms with van der Waals surface area (Å²) in [7, 11) is 1.29. The van der Waals surface area contributed by atoms with Gasteiger partial charge < -0.3 is 14.8 Å². The lowest BCUT2D eigenvalue weighted by Crippen LogP contribution is -2.11. The van der Waals surface area contributed by atoms with E-state index in [1.807, 2.05) is 0 Å². The first-order valence-electron chi connectivity index (χ1n) is 7.87. The minimum absolute atomic E-state index is 0.0132. The van der Waals surface area contributed by atoms with Crippen LogP contribution in [-0.4, -0.2) is 30.5 Å². The number of anilines is 1. The predicted molar refractivity (Wildman–Crippen MR) is 94.2 cm³/mol. The Labute approximate surface area is 149 Å². The molecule has 2 rings (SSSR count). The van der Waals surface area contributed by atoms with Crippen LogP contribution in [0.4, 0.5) is 11.4 Å². The van der Waals surface area contributed by atoms with Crippen molar-refractivity contribution < 1.29 is 24.0 Å². The van der Waals surface area contributed by atoms with E-state index >= 15 is 0 Å². The standard InChI is InChI=1S/C18H18N2O6/c1-25-18(22)13-8-10-14(11-9-13)26-17(21)7-4-12-19-15-5-2-3-6-16(15)20(23)24/h2-3,5-6,8-11,19H,4,7,12H2,1H3. The molecule has 0 aliphatic heterocycles. The fourth-order valence-electron chi connectivity index (χ4n) is 2.20. The molecule has 0 aliphatic carbocycles. The Morgan fingerprint density at radius 1 is 1.12 bits per heavy atom. The number of hydrogen-bond donors (Lipinski definition) is 1. The van der Waals surface area contributed by atoms with Crippen molar-refractivity contribution in [1.29, 1.82) is 0 Å². The van der Waals surface area contributed by atoms with Crippen LogP contribution in [0.2, 0.25) is 0 Å². The largest absolute Gasteiger partial charge is 0.465 e. The maximum atomic E-state index is 11.8. The summed E-state index contributed by atoms with van der Waals surface area (Å²) < 4.78 is 9.76. The van der Waals surface area contributed by atoms with E-state index in [4.69, 9.17) is 4.74 Å². The molecule has 0 saturated carbocycles. The predicted octanol–water partition coefficient (Wildman–Crippen LogP) is 3.18. The number of rotatable bonds is 8. The summed E-state index contributed by atoms with van der Waals surface area (Å²) in [5, 5.41) is 13.9. The molecule has 0 spiro atoms. The quantitative estimate of drug-likeness (QED) is 0.254. The van der Waals surface area contributed by atoms with Crippen molar-refractivity contribution in [3.8, 4) is 5.75 Å². The SMILES string of the molecule is COC(=O)c1ccc(OC(=O)CCCNc2ccccc2[N+](=O)[O-])cc1. The molecule has 0 saturated heterocycles. The molecule has 0 aromatic heterocycles. The monoisotopic (exact) mass is 358 g/mol. The molecule has 2 aromatic carbocycles. The maximum absolute atomic E-state index is 11.8. The van der Waals surface area contributed by atoms with Crippen LogP contribution in [0.5, 0.6) is 5.75 Å². The lowest BCUT2D eigenvalue weighted by molar-refractivity contribution is -0.384. The maximum Gasteiger partial charge on any atom is 0.337 e. The van der Waals surface area contributed by atoms with Crippen LogP contribution in [0.25, 0.3) is 0 Å². The van der Waals surface area contributed by atoms with Crippen LogP contribution >= 0.6 is 0 Å². The second-order valence-electron chi connectivity index (χ2n) is 5.29. The zero-order valence-electron chi connectivity index (χ0n) is 14.1. The van der Waals surface area contributed by atoms with Gasteiger partial charge in [-0.25, -0.2) is 4.79 Å². The summed E-state index contributed by atoms with van der Waals surface area (Å²) >= 11 is 0. The summed E-state index contributed by atoms with van der Waals surface area (Å²) in [5.74, 6) is -0.571. The average molecular weight is 358 g/mol. The molecule has 136 valence electrons. The van der Waals surface area contributed by atoms with Crippen molar-refractivity contribution in [1.82, 2.24) is 0 Å². The molecule has 0 fully saturated rings. The number of nitro groups is 1. The Balaban J connectivity index is 1.77. The normalized spacial score (nSPS) is 10.0. The van der Waals surface area contributed by atoms with Gasteiger partial charge in [-0.15, -0.1) is 0 Å². The minimum atomic E-state index is -0.469. The first-order valence-corrected chi connectivity index (χ1v) is 7.87. The Bertz CT molecular complexity index is 789. The van der Waals surface area contributed by atoms with Crippen molar-refractivity contribution in [2.45, 2.75) is 12.8 Å². The van der Waals surface area contributed by atoms with Gasteiger partial charge in [-0.2, -0.15) is 0 Å². The molecule has 0 heterocycles. The van der Waals surface area contributed by atoms with Crippen molar-refractivity contribution in [2.75, 3.05) is 19.0 Å². The molecule has 0 amide bonds. The third kappa shape index (κ3) is 5.30. The van der Waals surface area contributed by atoms with Crippen molar-refractivity contribution in [3.05, 3.63) is 64.2 Å². The van der Waals surface area contributed by atoms with E-state index in [-0.39, 0.29) is 12.1 Å². The number of carbonyl (C=O) groups excluding carboxylic acids is 2. The molecular formula is C18H18N2O6. The van der Waals surface area contributed by atoms with Crippen molar-refractivity contribution >= 4 is 23.3 Å². The number of methoxy groups -OCH3 is 1. The topological polar surface area (TPSA) is 108 Å². The summed E-state index contributed by atoms with van der Waals surface area (Å²) in [6.45, 7) is 0.390. The van der Waals surface area contributed by atoms with E-state index in [0.29, 0.717) is 30.0 Å². The summed E-state index contributed by atoms with van der Waals surface area (Å²) in [5.41, 5.74) is 0.756. The third-order valence-corrected chi connectivity index (χ3v) is 3.48. The molecule has 2 aromatic rings. The van der Waals surface area contributed by atoms with E-state index in [1.54, 1.807) is 18.2 Å². The molecular weight excluding hydrogens is 340 g/mol. The lowest BCUT2D eigenvalue weighted by Gasteiger charge is -2.07. The smallest absolute Gasteiger partial charge is 0.337 e. The molecule has 26 heavy (non-hydrogen) atoms. The summed E-state index contributed by atoms with van der Waals surface area (Å²) in [6, 6.07) is 12.3. The van der Waals surface area contributed by atoms with E-state index in [1.165, 1.54) is 37.4 Å². The van der Waals surface area contributed by atoms with Gasteiger partial charge in [0.2, 0.25) is 0 Å². The van der Waals surface area contributed by atoms with Crippen molar-refractivity contribution in [2.24, 2.45) is 0 Å². The Kier molecular flexibility index (Phi) is 6.67. The van der Waals surface area contributed by atoms with Gasteiger partial charge in [0, 0.05) is 19.0 Å². The fraction of sp³-hybridized carbons (Fsp3) is 0.222. The average Bonchev–Trinajstić information content (AvgIpc) is 2.65. The van der Waals surface area contributed by atoms with Crippen molar-refractivity contribution in [3.63, 3.8) is 0 Å². The Hall–Kier alpha value is -3.42. The number of carbonyl (C=O) groups is 2. The van der Waals surface area contributed by atoms with E-state index in [0.717, 1.165) is 0 Å². The Morgan fingerprint density at radius 3 is 2.46 bits per heavy atom. The van der Waals surface area contributed by atoms with Crippen LogP contribution < -0.4 is 10.1 Å². The van der Waals surface area contributed by atoms with Crippen LogP contribution in [0.3, 0.4) is 0 Å². The molecule has 0 aliphatic rings. The van der Waals surface area contributed by atoms with Gasteiger partial charge in [0.15, 0.2) is 0 Å². The van der Waals surface area contributed by atoms with Gasteiger partial charge in [0.1, 0.15) is 11.4 Å². The van der Waals surface area contributed by atoms with Gasteiger partial charge in [-0.1, -0.05) is 12.1 Å². The number of para-hydroxylation sites is 2. The minimum Gasteiger partial charge on any atom is -0.465 e. The Morgan fingerprint density at radius 2 is 1.81 bits per heavy atom. The second kappa shape index (κ2) is 9.16. The summed E-state index contributed by atoms with van der Waals surface area (Å²) in [4.78, 5) is 33.6. The highest BCUT2D eigenvalue weighted by Gasteiger charge is 2.12. The number of esters is 2. The fourth-order valence-corrected chi connectivity index (χ4v) is 2.20. The van der Waals surface area contributed by atoms with Gasteiger partial charge in [0.05, 0.1) is 17.6 Å². The summed E-state index contributed by atoms with van der Waals surface area (Å²) in [6.07, 6.45) is 0.595. The van der Waals surface area contributed by atoms with E-state index < -0.39 is 16.9 Å². The number of ether oxygens (including phenoxy) is 2. The highest BCUT2D eigenvalue weighted by molar-refractivity contribution is 5.89. The van der Waals surface area contributed by atoms with Crippen LogP contribution in [0.1, 0.15) is 23.2 Å². The van der Waals surface area contributed by atoms with E-state index in [2.05, 4.69) is 10.1 Å². The number of benzene rings is 2. The first-order chi connectivity index (χ1) is 12.5. The van der Waals surface area contributed by atoms with Crippen LogP contribution in [0.15, 0.2) is 48.5 Å². The van der Waals surface area contributed by atoms with E-state index in [9.17, 15) is 19.7 Å². The molecule has 0 unspecified atom stereocenters. The number of hydrogen-bond acceptors (Lipinski definition) is 7. The molecule has 1 N–H and O–H groups in total. The number of nitrogens with zero attached hydrogens (tertiary/aromatic N) is 1. The highest BCUT2D eigenvalue weighted by Crippen LogP contribution is 2.23. The number of nitro benzene ring substituents is 1. The zero-order chi connectivity index (χ0) is 18.9. The van der Waals surface area contributed by atoms with Gasteiger partial charge >= 0.3 is 11.9 Å². The number of nitrogens with one attached hydrogen (secondary N) is 1. The van der Waals surface area contributed by atoms with Crippen LogP contribution in [0, 0.1) is 10.1 Å². The molecule has 0 atom stereocenters. The molecule has 0 radical (unpaired) electrons. The first kappa shape index (κ1) is 18.9. The molecule has 8 heteroatoms. The molecule has 0 bridgehead atoms.